The molecule has 482 valence electrons. The summed E-state index contributed by atoms with van der Waals surface area (Å²) in [7, 11) is 0. The van der Waals surface area contributed by atoms with Crippen molar-refractivity contribution in [2.24, 2.45) is 0 Å². The highest BCUT2D eigenvalue weighted by Gasteiger charge is 2.08. The van der Waals surface area contributed by atoms with E-state index in [1.807, 2.05) is 231 Å². The van der Waals surface area contributed by atoms with Crippen molar-refractivity contribution in [3.05, 3.63) is 322 Å². The Bertz CT molecular complexity index is 3520. The summed E-state index contributed by atoms with van der Waals surface area (Å²) >= 11 is 0. The van der Waals surface area contributed by atoms with E-state index in [2.05, 4.69) is 39.5 Å². The molecule has 0 aliphatic heterocycles. The van der Waals surface area contributed by atoms with Gasteiger partial charge in [-0.05, 0) is 90.7 Å². The molecule has 0 atom stereocenters. The first-order valence-corrected chi connectivity index (χ1v) is 29.0. The zero-order valence-corrected chi connectivity index (χ0v) is 52.4. The normalized spacial score (nSPS) is 9.44. The fourth-order valence-corrected chi connectivity index (χ4v) is 6.78. The SMILES string of the molecule is C=C(C)C(=O)OCCOc1ccccc1.C=C(C)C(=O)OCc1ccccc1.C=CC(=O)OCCOc1ccccc1.C=CC(=O)OCCOc1ccccc1-c1ccccc1.C=CC(=O)OCc1cccc(Oc2ccccc2)c1.C=CC(=O)OCc1ccccc1. The number of hydrogen-bond donors (Lipinski definition) is 0. The third-order valence-corrected chi connectivity index (χ3v) is 11.3. The molecule has 16 heteroatoms. The fourth-order valence-electron chi connectivity index (χ4n) is 6.78. The Morgan fingerprint density at radius 2 is 0.656 bits per heavy atom. The average molecular weight is 1260 g/mol. The minimum absolute atomic E-state index is 0.202. The molecule has 0 spiro atoms. The summed E-state index contributed by atoms with van der Waals surface area (Å²) in [5.74, 6) is 1.36. The molecule has 0 amide bonds. The number of hydrogen-bond acceptors (Lipinski definition) is 16. The lowest BCUT2D eigenvalue weighted by Crippen LogP contribution is -2.12. The second-order valence-corrected chi connectivity index (χ2v) is 18.7. The summed E-state index contributed by atoms with van der Waals surface area (Å²) in [5.41, 5.74) is 5.76. The molecule has 0 saturated carbocycles. The molecule has 0 heterocycles. The Morgan fingerprint density at radius 1 is 0.323 bits per heavy atom. The Kier molecular flexibility index (Phi) is 38.3. The van der Waals surface area contributed by atoms with E-state index < -0.39 is 17.9 Å². The van der Waals surface area contributed by atoms with Gasteiger partial charge in [-0.1, -0.05) is 215 Å². The number of ether oxygens (including phenoxy) is 10. The third kappa shape index (κ3) is 35.7. The molecule has 0 unspecified atom stereocenters. The predicted octanol–water partition coefficient (Wildman–Crippen LogP) is 15.4. The molecular weight excluding hydrogens is 1180 g/mol. The number of benzene rings is 8. The molecule has 0 aliphatic carbocycles. The van der Waals surface area contributed by atoms with Crippen molar-refractivity contribution in [2.45, 2.75) is 33.7 Å². The smallest absolute Gasteiger partial charge is 0.333 e. The topological polar surface area (TPSA) is 195 Å². The van der Waals surface area contributed by atoms with Crippen LogP contribution in [0.25, 0.3) is 11.1 Å². The van der Waals surface area contributed by atoms with Crippen LogP contribution in [0, 0.1) is 0 Å². The maximum atomic E-state index is 11.0. The van der Waals surface area contributed by atoms with Crippen LogP contribution in [0.2, 0.25) is 0 Å². The van der Waals surface area contributed by atoms with Crippen LogP contribution >= 0.6 is 0 Å². The van der Waals surface area contributed by atoms with Crippen LogP contribution in [0.5, 0.6) is 28.7 Å². The van der Waals surface area contributed by atoms with Gasteiger partial charge in [-0.3, -0.25) is 0 Å². The average Bonchev–Trinajstić information content (AvgIpc) is 3.65. The van der Waals surface area contributed by atoms with E-state index >= 15 is 0 Å². The van der Waals surface area contributed by atoms with Crippen LogP contribution in [0.3, 0.4) is 0 Å². The van der Waals surface area contributed by atoms with E-state index in [1.54, 1.807) is 13.8 Å². The molecule has 8 aromatic carbocycles. The van der Waals surface area contributed by atoms with Gasteiger partial charge in [0.25, 0.3) is 0 Å². The highest BCUT2D eigenvalue weighted by Crippen LogP contribution is 2.29. The Labute approximate surface area is 544 Å². The van der Waals surface area contributed by atoms with Gasteiger partial charge in [0.2, 0.25) is 0 Å². The Balaban J connectivity index is 0.000000294. The number of carbonyl (C=O) groups is 6. The summed E-state index contributed by atoms with van der Waals surface area (Å²) in [5, 5.41) is 0. The Morgan fingerprint density at radius 3 is 1.11 bits per heavy atom. The molecule has 0 N–H and O–H groups in total. The van der Waals surface area contributed by atoms with Crippen LogP contribution in [0.4, 0.5) is 0 Å². The summed E-state index contributed by atoms with van der Waals surface area (Å²) < 4.78 is 51.2. The lowest BCUT2D eigenvalue weighted by molar-refractivity contribution is -0.140. The molecule has 93 heavy (non-hydrogen) atoms. The summed E-state index contributed by atoms with van der Waals surface area (Å²) in [6, 6.07) is 72.5. The van der Waals surface area contributed by atoms with Gasteiger partial charge in [0, 0.05) is 41.0 Å². The minimum atomic E-state index is -0.440. The van der Waals surface area contributed by atoms with E-state index in [9.17, 15) is 28.8 Å². The summed E-state index contributed by atoms with van der Waals surface area (Å²) in [6.07, 6.45) is 4.56. The summed E-state index contributed by atoms with van der Waals surface area (Å²) in [6.45, 7) is 26.0. The molecule has 8 rings (SSSR count). The number of para-hydroxylation sites is 4. The molecule has 0 bridgehead atoms. The zero-order valence-electron chi connectivity index (χ0n) is 52.4. The Hall–Kier alpha value is -11.8. The van der Waals surface area contributed by atoms with Crippen molar-refractivity contribution < 1.29 is 76.1 Å². The van der Waals surface area contributed by atoms with Crippen molar-refractivity contribution >= 4 is 35.8 Å². The van der Waals surface area contributed by atoms with E-state index in [0.717, 1.165) is 75.1 Å². The highest BCUT2D eigenvalue weighted by atomic mass is 16.6. The first-order chi connectivity index (χ1) is 45.1. The van der Waals surface area contributed by atoms with E-state index in [4.69, 9.17) is 47.4 Å². The van der Waals surface area contributed by atoms with Crippen LogP contribution in [-0.4, -0.2) is 75.5 Å². The van der Waals surface area contributed by atoms with Gasteiger partial charge in [0.1, 0.15) is 88.2 Å². The van der Waals surface area contributed by atoms with Gasteiger partial charge in [0.05, 0.1) is 0 Å². The van der Waals surface area contributed by atoms with Gasteiger partial charge < -0.3 is 47.4 Å². The largest absolute Gasteiger partial charge is 0.490 e. The number of carbonyl (C=O) groups excluding carboxylic acids is 6. The molecule has 0 saturated heterocycles. The van der Waals surface area contributed by atoms with Gasteiger partial charge in [-0.25, -0.2) is 28.8 Å². The lowest BCUT2D eigenvalue weighted by Gasteiger charge is -2.11. The van der Waals surface area contributed by atoms with E-state index in [0.29, 0.717) is 49.9 Å². The second kappa shape index (κ2) is 47.3. The van der Waals surface area contributed by atoms with E-state index in [1.165, 1.54) is 0 Å². The lowest BCUT2D eigenvalue weighted by atomic mass is 10.1. The van der Waals surface area contributed by atoms with Gasteiger partial charge in [-0.2, -0.15) is 0 Å². The maximum Gasteiger partial charge on any atom is 0.333 e. The van der Waals surface area contributed by atoms with Crippen molar-refractivity contribution in [2.75, 3.05) is 39.6 Å². The quantitative estimate of drug-likeness (QED) is 0.0204. The first kappa shape index (κ1) is 75.5. The molecule has 8 aromatic rings. The minimum Gasteiger partial charge on any atom is -0.490 e. The molecule has 0 aliphatic rings. The molecule has 16 nitrogen and oxygen atoms in total. The van der Waals surface area contributed by atoms with Crippen LogP contribution in [0.15, 0.2) is 305 Å². The first-order valence-electron chi connectivity index (χ1n) is 29.0. The summed E-state index contributed by atoms with van der Waals surface area (Å²) in [4.78, 5) is 65.1. The van der Waals surface area contributed by atoms with Crippen LogP contribution < -0.4 is 18.9 Å². The third-order valence-electron chi connectivity index (χ3n) is 11.3. The van der Waals surface area contributed by atoms with Gasteiger partial charge in [-0.15, -0.1) is 0 Å². The maximum absolute atomic E-state index is 11.0. The molecule has 0 fully saturated rings. The molecule has 0 radical (unpaired) electrons. The van der Waals surface area contributed by atoms with Crippen LogP contribution in [0.1, 0.15) is 30.5 Å². The molecular formula is C77H78O16. The predicted molar refractivity (Wildman–Crippen MR) is 360 cm³/mol. The number of rotatable bonds is 27. The van der Waals surface area contributed by atoms with Crippen molar-refractivity contribution in [3.63, 3.8) is 0 Å². The van der Waals surface area contributed by atoms with Crippen molar-refractivity contribution in [3.8, 4) is 39.9 Å². The van der Waals surface area contributed by atoms with Crippen molar-refractivity contribution in [1.29, 1.82) is 0 Å². The monoisotopic (exact) mass is 1260 g/mol. The standard InChI is InChI=1S/C17H16O3.C16H14O3.C12H14O3.C11H12O3.C11H12O2.C10H10O2/c1-2-17(18)20-13-12-19-16-11-7-6-10-15(16)14-8-4-3-5-9-14;1-2-16(17)18-12-13-7-6-10-15(11-13)19-14-8-4-3-5-9-14;1-10(2)12(13)15-9-8-14-11-6-4-3-5-7-11;1-2-11(12)14-9-8-13-10-6-4-3-5-7-10;1-9(2)11(12)13-8-10-6-4-3-5-7-10;1-2-10(11)12-8-9-6-4-3-5-7-9/h2-11H,1,12-13H2;2-11H,1,12H2;3-7H,1,8-9H2,2H3;2-7H,1,8-9H2;3-7H,1,8H2,2H3;2-7H,1,8H2. The number of esters is 6. The zero-order chi connectivity index (χ0) is 67.5. The highest BCUT2D eigenvalue weighted by molar-refractivity contribution is 5.87. The van der Waals surface area contributed by atoms with Gasteiger partial charge in [0.15, 0.2) is 0 Å². The van der Waals surface area contributed by atoms with Gasteiger partial charge >= 0.3 is 35.8 Å². The van der Waals surface area contributed by atoms with E-state index in [-0.39, 0.29) is 44.3 Å². The fraction of sp³-hybridized carbons (Fsp3) is 0.143. The van der Waals surface area contributed by atoms with Crippen molar-refractivity contribution in [1.82, 2.24) is 0 Å². The van der Waals surface area contributed by atoms with Crippen LogP contribution in [-0.2, 0) is 77.0 Å². The molecule has 0 aromatic heterocycles. The second-order valence-electron chi connectivity index (χ2n) is 18.7.